The van der Waals surface area contributed by atoms with Gasteiger partial charge in [0.2, 0.25) is 0 Å². The zero-order valence-electron chi connectivity index (χ0n) is 10.2. The summed E-state index contributed by atoms with van der Waals surface area (Å²) in [7, 11) is 0. The zero-order chi connectivity index (χ0) is 14.0. The first-order chi connectivity index (χ1) is 8.93. The molecule has 102 valence electrons. The number of hydrazine groups is 1. The van der Waals surface area contributed by atoms with Gasteiger partial charge in [0.05, 0.1) is 11.6 Å². The molecule has 1 atom stereocenters. The van der Waals surface area contributed by atoms with Crippen molar-refractivity contribution >= 4 is 11.3 Å². The number of alkyl halides is 3. The Bertz CT molecular complexity index is 546. The van der Waals surface area contributed by atoms with Crippen molar-refractivity contribution in [2.24, 2.45) is 5.84 Å². The van der Waals surface area contributed by atoms with Crippen molar-refractivity contribution in [1.82, 2.24) is 5.43 Å². The van der Waals surface area contributed by atoms with E-state index in [9.17, 15) is 13.2 Å². The summed E-state index contributed by atoms with van der Waals surface area (Å²) in [6, 6.07) is 6.71. The van der Waals surface area contributed by atoms with Crippen molar-refractivity contribution in [2.45, 2.75) is 19.1 Å². The molecule has 1 aromatic carbocycles. The molecular formula is C13H13F3N2S. The second-order valence-electron chi connectivity index (χ2n) is 4.19. The van der Waals surface area contributed by atoms with Crippen LogP contribution in [0.15, 0.2) is 35.7 Å². The third-order valence-electron chi connectivity index (χ3n) is 2.90. The first kappa shape index (κ1) is 14.0. The summed E-state index contributed by atoms with van der Waals surface area (Å²) in [6.07, 6.45) is -4.32. The lowest BCUT2D eigenvalue weighted by atomic mass is 10.0. The standard InChI is InChI=1S/C13H13F3N2S/c1-8-6-7-19-12(8)11(18-17)9-2-4-10(5-3-9)13(14,15)16/h2-7,11,18H,17H2,1H3. The predicted octanol–water partition coefficient (Wildman–Crippen LogP) is 3.63. The van der Waals surface area contributed by atoms with Crippen molar-refractivity contribution in [2.75, 3.05) is 0 Å². The van der Waals surface area contributed by atoms with Crippen molar-refractivity contribution in [3.63, 3.8) is 0 Å². The highest BCUT2D eigenvalue weighted by Crippen LogP contribution is 2.32. The van der Waals surface area contributed by atoms with E-state index >= 15 is 0 Å². The minimum atomic E-state index is -4.32. The molecule has 0 radical (unpaired) electrons. The second-order valence-corrected chi connectivity index (χ2v) is 5.14. The van der Waals surface area contributed by atoms with Crippen molar-refractivity contribution in [1.29, 1.82) is 0 Å². The van der Waals surface area contributed by atoms with Crippen molar-refractivity contribution in [3.8, 4) is 0 Å². The first-order valence-corrected chi connectivity index (χ1v) is 6.48. The number of aryl methyl sites for hydroxylation is 1. The van der Waals surface area contributed by atoms with E-state index in [1.165, 1.54) is 23.5 Å². The average Bonchev–Trinajstić information content (AvgIpc) is 2.76. The maximum absolute atomic E-state index is 12.5. The monoisotopic (exact) mass is 286 g/mol. The maximum Gasteiger partial charge on any atom is 0.416 e. The number of rotatable bonds is 3. The number of benzene rings is 1. The summed E-state index contributed by atoms with van der Waals surface area (Å²) in [4.78, 5) is 1.00. The van der Waals surface area contributed by atoms with E-state index in [4.69, 9.17) is 5.84 Å². The SMILES string of the molecule is Cc1ccsc1C(NN)c1ccc(C(F)(F)F)cc1. The second kappa shape index (κ2) is 5.32. The molecular weight excluding hydrogens is 273 g/mol. The molecule has 0 aliphatic heterocycles. The molecule has 19 heavy (non-hydrogen) atoms. The Morgan fingerprint density at radius 1 is 1.16 bits per heavy atom. The molecule has 1 aromatic heterocycles. The molecule has 2 aromatic rings. The summed E-state index contributed by atoms with van der Waals surface area (Å²) in [6.45, 7) is 1.94. The third kappa shape index (κ3) is 2.97. The molecule has 0 spiro atoms. The fourth-order valence-electron chi connectivity index (χ4n) is 1.87. The number of halogens is 3. The molecule has 0 amide bonds. The van der Waals surface area contributed by atoms with Gasteiger partial charge in [-0.05, 0) is 41.6 Å². The van der Waals surface area contributed by atoms with Gasteiger partial charge >= 0.3 is 6.18 Å². The highest BCUT2D eigenvalue weighted by Gasteiger charge is 2.30. The number of nitrogens with one attached hydrogen (secondary N) is 1. The van der Waals surface area contributed by atoms with Gasteiger partial charge in [-0.3, -0.25) is 5.84 Å². The molecule has 1 unspecified atom stereocenters. The van der Waals surface area contributed by atoms with Crippen LogP contribution in [0.5, 0.6) is 0 Å². The van der Waals surface area contributed by atoms with E-state index in [0.717, 1.165) is 22.6 Å². The lowest BCUT2D eigenvalue weighted by Crippen LogP contribution is -2.28. The number of hydrogen-bond acceptors (Lipinski definition) is 3. The van der Waals surface area contributed by atoms with E-state index in [-0.39, 0.29) is 6.04 Å². The largest absolute Gasteiger partial charge is 0.416 e. The topological polar surface area (TPSA) is 38.0 Å². The molecule has 0 fully saturated rings. The van der Waals surface area contributed by atoms with E-state index in [0.29, 0.717) is 5.56 Å². The van der Waals surface area contributed by atoms with Gasteiger partial charge in [-0.2, -0.15) is 13.2 Å². The summed E-state index contributed by atoms with van der Waals surface area (Å²) in [5.74, 6) is 5.52. The molecule has 0 saturated carbocycles. The highest BCUT2D eigenvalue weighted by atomic mass is 32.1. The van der Waals surface area contributed by atoms with E-state index < -0.39 is 11.7 Å². The van der Waals surface area contributed by atoms with Gasteiger partial charge in [-0.25, -0.2) is 5.43 Å². The number of nitrogens with two attached hydrogens (primary N) is 1. The van der Waals surface area contributed by atoms with Crippen LogP contribution in [0.2, 0.25) is 0 Å². The van der Waals surface area contributed by atoms with Crippen LogP contribution in [0.25, 0.3) is 0 Å². The first-order valence-electron chi connectivity index (χ1n) is 5.60. The molecule has 0 aliphatic rings. The summed E-state index contributed by atoms with van der Waals surface area (Å²) in [5, 5.41) is 1.93. The van der Waals surface area contributed by atoms with E-state index in [1.807, 2.05) is 18.4 Å². The lowest BCUT2D eigenvalue weighted by Gasteiger charge is -2.17. The molecule has 2 nitrogen and oxygen atoms in total. The fourth-order valence-corrected chi connectivity index (χ4v) is 2.88. The predicted molar refractivity (Wildman–Crippen MR) is 69.7 cm³/mol. The van der Waals surface area contributed by atoms with Gasteiger partial charge in [0, 0.05) is 4.88 Å². The fraction of sp³-hybridized carbons (Fsp3) is 0.231. The lowest BCUT2D eigenvalue weighted by molar-refractivity contribution is -0.137. The molecule has 3 N–H and O–H groups in total. The Balaban J connectivity index is 2.33. The summed E-state index contributed by atoms with van der Waals surface area (Å²) in [5.41, 5.74) is 3.76. The van der Waals surface area contributed by atoms with E-state index in [1.54, 1.807) is 0 Å². The quantitative estimate of drug-likeness (QED) is 0.668. The van der Waals surface area contributed by atoms with Gasteiger partial charge in [0.1, 0.15) is 0 Å². The van der Waals surface area contributed by atoms with Crippen LogP contribution >= 0.6 is 11.3 Å². The van der Waals surface area contributed by atoms with Crippen LogP contribution in [0.1, 0.15) is 27.6 Å². The van der Waals surface area contributed by atoms with Gasteiger partial charge in [-0.15, -0.1) is 11.3 Å². The molecule has 0 bridgehead atoms. The minimum Gasteiger partial charge on any atom is -0.271 e. The van der Waals surface area contributed by atoms with Crippen molar-refractivity contribution < 1.29 is 13.2 Å². The van der Waals surface area contributed by atoms with E-state index in [2.05, 4.69) is 5.43 Å². The molecule has 2 rings (SSSR count). The Morgan fingerprint density at radius 2 is 1.79 bits per heavy atom. The van der Waals surface area contributed by atoms with Gasteiger partial charge in [0.25, 0.3) is 0 Å². The average molecular weight is 286 g/mol. The summed E-state index contributed by atoms with van der Waals surface area (Å²) >= 11 is 1.52. The Morgan fingerprint density at radius 3 is 2.21 bits per heavy atom. The smallest absolute Gasteiger partial charge is 0.271 e. The molecule has 6 heteroatoms. The zero-order valence-corrected chi connectivity index (χ0v) is 11.0. The van der Waals surface area contributed by atoms with Crippen LogP contribution in [0.3, 0.4) is 0 Å². The van der Waals surface area contributed by atoms with Gasteiger partial charge in [0.15, 0.2) is 0 Å². The highest BCUT2D eigenvalue weighted by molar-refractivity contribution is 7.10. The van der Waals surface area contributed by atoms with Crippen LogP contribution in [0.4, 0.5) is 13.2 Å². The number of hydrogen-bond donors (Lipinski definition) is 2. The Labute approximate surface area is 113 Å². The van der Waals surface area contributed by atoms with Crippen molar-refractivity contribution in [3.05, 3.63) is 57.3 Å². The Hall–Kier alpha value is -1.37. The number of thiophene rings is 1. The Kier molecular flexibility index (Phi) is 3.93. The van der Waals surface area contributed by atoms with Crippen LogP contribution in [-0.2, 0) is 6.18 Å². The van der Waals surface area contributed by atoms with Crippen LogP contribution < -0.4 is 11.3 Å². The third-order valence-corrected chi connectivity index (χ3v) is 3.99. The molecule has 1 heterocycles. The van der Waals surface area contributed by atoms with Crippen LogP contribution in [-0.4, -0.2) is 0 Å². The van der Waals surface area contributed by atoms with Gasteiger partial charge in [-0.1, -0.05) is 12.1 Å². The molecule has 0 saturated heterocycles. The summed E-state index contributed by atoms with van der Waals surface area (Å²) < 4.78 is 37.5. The molecule has 0 aliphatic carbocycles. The van der Waals surface area contributed by atoms with Gasteiger partial charge < -0.3 is 0 Å². The minimum absolute atomic E-state index is 0.290. The van der Waals surface area contributed by atoms with Crippen LogP contribution in [0, 0.1) is 6.92 Å². The maximum atomic E-state index is 12.5. The normalized spacial score (nSPS) is 13.5.